The average Bonchev–Trinajstić information content (AvgIpc) is 3.50. The van der Waals surface area contributed by atoms with Crippen LogP contribution in [0.5, 0.6) is 11.6 Å². The van der Waals surface area contributed by atoms with E-state index in [4.69, 9.17) is 27.9 Å². The van der Waals surface area contributed by atoms with Crippen molar-refractivity contribution < 1.29 is 14.6 Å². The molecular formula is C27H24Cl2N4O3. The molecule has 0 radical (unpaired) electrons. The molecular weight excluding hydrogens is 499 g/mol. The summed E-state index contributed by atoms with van der Waals surface area (Å²) >= 11 is 12.6. The molecule has 4 aromatic rings. The number of fused-ring (bicyclic) bond motifs is 1. The normalized spacial score (nSPS) is 14.2. The first kappa shape index (κ1) is 24.3. The van der Waals surface area contributed by atoms with Gasteiger partial charge in [-0.1, -0.05) is 47.5 Å². The van der Waals surface area contributed by atoms with Crippen molar-refractivity contribution in [3.8, 4) is 11.6 Å². The predicted octanol–water partition coefficient (Wildman–Crippen LogP) is 7.21. The van der Waals surface area contributed by atoms with Crippen molar-refractivity contribution in [2.45, 2.75) is 26.1 Å². The van der Waals surface area contributed by atoms with Gasteiger partial charge in [0.2, 0.25) is 5.88 Å². The molecule has 1 aliphatic rings. The van der Waals surface area contributed by atoms with Crippen LogP contribution in [-0.4, -0.2) is 33.6 Å². The molecule has 0 atom stereocenters. The first-order chi connectivity index (χ1) is 17.5. The molecule has 5 rings (SSSR count). The highest BCUT2D eigenvalue weighted by Gasteiger charge is 2.22. The number of aromatic nitrogens is 1. The van der Waals surface area contributed by atoms with Gasteiger partial charge in [0.1, 0.15) is 12.4 Å². The van der Waals surface area contributed by atoms with Gasteiger partial charge in [0, 0.05) is 16.1 Å². The topological polar surface area (TPSA) is 79.4 Å². The lowest BCUT2D eigenvalue weighted by atomic mass is 10.2. The van der Waals surface area contributed by atoms with Gasteiger partial charge in [-0.05, 0) is 68.4 Å². The van der Waals surface area contributed by atoms with Crippen LogP contribution in [-0.2, 0) is 13.3 Å². The highest BCUT2D eigenvalue weighted by Crippen LogP contribution is 2.42. The molecule has 1 saturated heterocycles. The summed E-state index contributed by atoms with van der Waals surface area (Å²) in [6, 6.07) is 19.5. The SMILES string of the molecule is O=C(N=Nc1c(O)n(CN2CCCC2)c2cccc(Cl)c12)c1ccc(OCc2ccccc2Cl)cc1. The monoisotopic (exact) mass is 522 g/mol. The van der Waals surface area contributed by atoms with Crippen molar-refractivity contribution in [1.29, 1.82) is 0 Å². The van der Waals surface area contributed by atoms with Crippen LogP contribution in [0.15, 0.2) is 77.0 Å². The highest BCUT2D eigenvalue weighted by atomic mass is 35.5. The number of benzene rings is 3. The van der Waals surface area contributed by atoms with Crippen molar-refractivity contribution in [3.05, 3.63) is 87.9 Å². The molecule has 9 heteroatoms. The van der Waals surface area contributed by atoms with E-state index >= 15 is 0 Å². The quantitative estimate of drug-likeness (QED) is 0.260. The summed E-state index contributed by atoms with van der Waals surface area (Å²) in [6.45, 7) is 2.76. The van der Waals surface area contributed by atoms with E-state index in [9.17, 15) is 9.90 Å². The van der Waals surface area contributed by atoms with Gasteiger partial charge in [0.05, 0.1) is 22.6 Å². The number of azo groups is 1. The zero-order valence-corrected chi connectivity index (χ0v) is 20.9. The summed E-state index contributed by atoms with van der Waals surface area (Å²) in [6.07, 6.45) is 2.26. The molecule has 0 spiro atoms. The molecule has 1 amide bonds. The van der Waals surface area contributed by atoms with Crippen molar-refractivity contribution in [2.75, 3.05) is 13.1 Å². The maximum Gasteiger partial charge on any atom is 0.295 e. The summed E-state index contributed by atoms with van der Waals surface area (Å²) in [7, 11) is 0. The van der Waals surface area contributed by atoms with Crippen LogP contribution in [0.2, 0.25) is 10.0 Å². The molecule has 0 unspecified atom stereocenters. The largest absolute Gasteiger partial charge is 0.493 e. The second kappa shape index (κ2) is 10.7. The van der Waals surface area contributed by atoms with Gasteiger partial charge in [-0.15, -0.1) is 10.2 Å². The maximum absolute atomic E-state index is 12.7. The molecule has 3 aromatic carbocycles. The van der Waals surface area contributed by atoms with Gasteiger partial charge in [0.25, 0.3) is 5.91 Å². The summed E-state index contributed by atoms with van der Waals surface area (Å²) in [4.78, 5) is 15.0. The van der Waals surface area contributed by atoms with Crippen LogP contribution in [0, 0.1) is 0 Å². The van der Waals surface area contributed by atoms with Crippen LogP contribution >= 0.6 is 23.2 Å². The fourth-order valence-corrected chi connectivity index (χ4v) is 4.76. The molecule has 184 valence electrons. The number of halogens is 2. The Morgan fingerprint density at radius 3 is 2.42 bits per heavy atom. The zero-order valence-electron chi connectivity index (χ0n) is 19.4. The second-order valence-corrected chi connectivity index (χ2v) is 9.42. The van der Waals surface area contributed by atoms with Crippen LogP contribution in [0.25, 0.3) is 10.9 Å². The summed E-state index contributed by atoms with van der Waals surface area (Å²) in [5.74, 6) is -0.0118. The third-order valence-corrected chi connectivity index (χ3v) is 6.90. The summed E-state index contributed by atoms with van der Waals surface area (Å²) in [5, 5.41) is 20.6. The van der Waals surface area contributed by atoms with E-state index in [1.165, 1.54) is 0 Å². The number of likely N-dealkylation sites (tertiary alicyclic amines) is 1. The molecule has 1 aromatic heterocycles. The van der Waals surface area contributed by atoms with Gasteiger partial charge < -0.3 is 9.84 Å². The van der Waals surface area contributed by atoms with Crippen molar-refractivity contribution >= 4 is 45.7 Å². The summed E-state index contributed by atoms with van der Waals surface area (Å²) in [5.41, 5.74) is 2.14. The highest BCUT2D eigenvalue weighted by molar-refractivity contribution is 6.36. The number of rotatable bonds is 7. The first-order valence-corrected chi connectivity index (χ1v) is 12.4. The van der Waals surface area contributed by atoms with Gasteiger partial charge >= 0.3 is 0 Å². The smallest absolute Gasteiger partial charge is 0.295 e. The number of amides is 1. The van der Waals surface area contributed by atoms with Gasteiger partial charge in [0.15, 0.2) is 5.69 Å². The Hall–Kier alpha value is -3.39. The molecule has 1 fully saturated rings. The Bertz CT molecular complexity index is 1430. The number of ether oxygens (including phenoxy) is 1. The van der Waals surface area contributed by atoms with Crippen LogP contribution in [0.1, 0.15) is 28.8 Å². The standard InChI is InChI=1S/C27H24Cl2N4O3/c28-21-7-2-1-6-19(21)16-36-20-12-10-18(11-13-20)26(34)31-30-25-24-22(29)8-5-9-23(24)33(27(25)35)17-32-14-3-4-15-32/h1-2,5-13,35H,3-4,14-17H2. The van der Waals surface area contributed by atoms with Crippen LogP contribution in [0.4, 0.5) is 5.69 Å². The molecule has 0 saturated carbocycles. The molecule has 1 N–H and O–H groups in total. The second-order valence-electron chi connectivity index (χ2n) is 8.61. The van der Waals surface area contributed by atoms with E-state index in [0.717, 1.165) is 37.0 Å². The molecule has 0 aliphatic carbocycles. The van der Waals surface area contributed by atoms with Crippen molar-refractivity contribution in [1.82, 2.24) is 9.47 Å². The number of carbonyl (C=O) groups is 1. The maximum atomic E-state index is 12.7. The van der Waals surface area contributed by atoms with E-state index < -0.39 is 5.91 Å². The zero-order chi connectivity index (χ0) is 25.1. The van der Waals surface area contributed by atoms with E-state index in [-0.39, 0.29) is 11.6 Å². The van der Waals surface area contributed by atoms with Gasteiger partial charge in [-0.2, -0.15) is 0 Å². The lowest BCUT2D eigenvalue weighted by molar-refractivity contribution is 0.0995. The number of hydrogen-bond acceptors (Lipinski definition) is 5. The van der Waals surface area contributed by atoms with Crippen molar-refractivity contribution in [2.24, 2.45) is 10.2 Å². The van der Waals surface area contributed by atoms with Crippen LogP contribution in [0.3, 0.4) is 0 Å². The van der Waals surface area contributed by atoms with E-state index in [1.54, 1.807) is 34.9 Å². The van der Waals surface area contributed by atoms with E-state index in [1.807, 2.05) is 36.4 Å². The Kier molecular flexibility index (Phi) is 7.23. The number of carbonyl (C=O) groups excluding carboxylic acids is 1. The Morgan fingerprint density at radius 1 is 0.944 bits per heavy atom. The minimum Gasteiger partial charge on any atom is -0.493 e. The lowest BCUT2D eigenvalue weighted by Crippen LogP contribution is -2.22. The van der Waals surface area contributed by atoms with Gasteiger partial charge in [-0.3, -0.25) is 14.3 Å². The molecule has 7 nitrogen and oxygen atoms in total. The number of nitrogens with zero attached hydrogens (tertiary/aromatic N) is 4. The van der Waals surface area contributed by atoms with Crippen molar-refractivity contribution in [3.63, 3.8) is 0 Å². The molecule has 2 heterocycles. The minimum absolute atomic E-state index is 0.0649. The summed E-state index contributed by atoms with van der Waals surface area (Å²) < 4.78 is 7.53. The fraction of sp³-hybridized carbons (Fsp3) is 0.222. The number of aromatic hydroxyl groups is 1. The third-order valence-electron chi connectivity index (χ3n) is 6.22. The molecule has 1 aliphatic heterocycles. The minimum atomic E-state index is -0.542. The van der Waals surface area contributed by atoms with E-state index in [2.05, 4.69) is 15.1 Å². The third kappa shape index (κ3) is 5.09. The predicted molar refractivity (Wildman–Crippen MR) is 140 cm³/mol. The Labute approximate surface area is 218 Å². The molecule has 36 heavy (non-hydrogen) atoms. The lowest BCUT2D eigenvalue weighted by Gasteiger charge is -2.17. The Morgan fingerprint density at radius 2 is 1.67 bits per heavy atom. The molecule has 0 bridgehead atoms. The Balaban J connectivity index is 1.34. The number of hydrogen-bond donors (Lipinski definition) is 1. The van der Waals surface area contributed by atoms with E-state index in [0.29, 0.717) is 40.0 Å². The average molecular weight is 523 g/mol. The van der Waals surface area contributed by atoms with Gasteiger partial charge in [-0.25, -0.2) is 0 Å². The fourth-order valence-electron chi connectivity index (χ4n) is 4.31. The van der Waals surface area contributed by atoms with Crippen LogP contribution < -0.4 is 4.74 Å². The first-order valence-electron chi connectivity index (χ1n) is 11.7.